The van der Waals surface area contributed by atoms with Crippen LogP contribution in [0.1, 0.15) is 265 Å². The molecule has 0 N–H and O–H groups in total. The Hall–Kier alpha value is -3.93. The number of allylic oxidation sites excluding steroid dienone is 18. The summed E-state index contributed by atoms with van der Waals surface area (Å²) in [7, 11) is 0. The Kier molecular flexibility index (Phi) is 55.4. The molecule has 0 aromatic rings. The van der Waals surface area contributed by atoms with Crippen molar-refractivity contribution in [3.8, 4) is 0 Å². The van der Waals surface area contributed by atoms with E-state index in [1.54, 1.807) is 0 Å². The molecular formula is C65H108O6. The summed E-state index contributed by atoms with van der Waals surface area (Å²) in [5, 5.41) is 0. The summed E-state index contributed by atoms with van der Waals surface area (Å²) in [5.74, 6) is -1.01. The summed E-state index contributed by atoms with van der Waals surface area (Å²) in [6.07, 6.45) is 79.4. The molecule has 6 heteroatoms. The van der Waals surface area contributed by atoms with Crippen LogP contribution in [0.4, 0.5) is 0 Å². The second kappa shape index (κ2) is 58.6. The smallest absolute Gasteiger partial charge is 0.306 e. The van der Waals surface area contributed by atoms with Crippen molar-refractivity contribution in [2.75, 3.05) is 13.2 Å². The topological polar surface area (TPSA) is 78.9 Å². The number of hydrogen-bond acceptors (Lipinski definition) is 6. The molecule has 0 bridgehead atoms. The summed E-state index contributed by atoms with van der Waals surface area (Å²) >= 11 is 0. The molecule has 0 amide bonds. The van der Waals surface area contributed by atoms with Crippen LogP contribution in [0, 0.1) is 0 Å². The van der Waals surface area contributed by atoms with Gasteiger partial charge in [0.1, 0.15) is 13.2 Å². The van der Waals surface area contributed by atoms with Gasteiger partial charge in [0, 0.05) is 19.3 Å². The van der Waals surface area contributed by atoms with E-state index in [1.807, 2.05) is 6.08 Å². The van der Waals surface area contributed by atoms with Gasteiger partial charge in [-0.2, -0.15) is 0 Å². The molecule has 0 aromatic carbocycles. The fourth-order valence-corrected chi connectivity index (χ4v) is 7.94. The lowest BCUT2D eigenvalue weighted by Crippen LogP contribution is -2.30. The first-order chi connectivity index (χ1) is 35.0. The molecule has 0 aromatic heterocycles. The van der Waals surface area contributed by atoms with Crippen molar-refractivity contribution < 1.29 is 28.6 Å². The Balaban J connectivity index is 4.54. The molecule has 1 atom stereocenters. The fourth-order valence-electron chi connectivity index (χ4n) is 7.94. The zero-order chi connectivity index (χ0) is 51.4. The first-order valence-corrected chi connectivity index (χ1v) is 29.4. The normalized spacial score (nSPS) is 12.9. The van der Waals surface area contributed by atoms with Gasteiger partial charge in [0.25, 0.3) is 0 Å². The molecule has 0 aliphatic heterocycles. The van der Waals surface area contributed by atoms with E-state index in [1.165, 1.54) is 116 Å². The van der Waals surface area contributed by atoms with Crippen molar-refractivity contribution in [2.24, 2.45) is 0 Å². The van der Waals surface area contributed by atoms with Gasteiger partial charge in [0.2, 0.25) is 0 Å². The average molecular weight is 986 g/mol. The Bertz CT molecular complexity index is 1460. The van der Waals surface area contributed by atoms with Crippen molar-refractivity contribution in [3.05, 3.63) is 109 Å². The van der Waals surface area contributed by atoms with E-state index in [9.17, 15) is 14.4 Å². The number of carbonyl (C=O) groups is 3. The van der Waals surface area contributed by atoms with Crippen LogP contribution in [-0.2, 0) is 28.6 Å². The van der Waals surface area contributed by atoms with Crippen molar-refractivity contribution in [1.82, 2.24) is 0 Å². The van der Waals surface area contributed by atoms with Crippen LogP contribution in [-0.4, -0.2) is 37.2 Å². The zero-order valence-electron chi connectivity index (χ0n) is 46.2. The fraction of sp³-hybridized carbons (Fsp3) is 0.677. The highest BCUT2D eigenvalue weighted by Gasteiger charge is 2.19. The molecular weight excluding hydrogens is 877 g/mol. The van der Waals surface area contributed by atoms with Crippen molar-refractivity contribution in [2.45, 2.75) is 271 Å². The third-order valence-corrected chi connectivity index (χ3v) is 12.3. The Morgan fingerprint density at radius 3 is 1.03 bits per heavy atom. The van der Waals surface area contributed by atoms with Gasteiger partial charge in [0.05, 0.1) is 0 Å². The molecule has 1 unspecified atom stereocenters. The number of unbranched alkanes of at least 4 members (excludes halogenated alkanes) is 25. The van der Waals surface area contributed by atoms with Gasteiger partial charge in [-0.1, -0.05) is 271 Å². The molecule has 0 saturated carbocycles. The lowest BCUT2D eigenvalue weighted by atomic mass is 10.0. The highest BCUT2D eigenvalue weighted by molar-refractivity contribution is 5.71. The second-order valence-electron chi connectivity index (χ2n) is 19.2. The summed E-state index contributed by atoms with van der Waals surface area (Å²) in [6.45, 7) is 6.44. The highest BCUT2D eigenvalue weighted by Crippen LogP contribution is 2.15. The van der Waals surface area contributed by atoms with Crippen LogP contribution in [0.2, 0.25) is 0 Å². The molecule has 0 heterocycles. The monoisotopic (exact) mass is 985 g/mol. The van der Waals surface area contributed by atoms with Crippen LogP contribution in [0.5, 0.6) is 0 Å². The summed E-state index contributed by atoms with van der Waals surface area (Å²) in [5.41, 5.74) is 0. The second-order valence-corrected chi connectivity index (χ2v) is 19.2. The molecule has 71 heavy (non-hydrogen) atoms. The lowest BCUT2D eigenvalue weighted by molar-refractivity contribution is -0.166. The summed E-state index contributed by atoms with van der Waals surface area (Å²) < 4.78 is 16.8. The Morgan fingerprint density at radius 1 is 0.310 bits per heavy atom. The van der Waals surface area contributed by atoms with E-state index in [0.29, 0.717) is 12.8 Å². The van der Waals surface area contributed by atoms with E-state index in [-0.39, 0.29) is 44.0 Å². The molecule has 0 fully saturated rings. The molecule has 0 rings (SSSR count). The molecule has 0 aliphatic carbocycles. The Labute approximate surface area is 438 Å². The summed E-state index contributed by atoms with van der Waals surface area (Å²) in [4.78, 5) is 38.2. The number of rotatable bonds is 52. The number of hydrogen-bond donors (Lipinski definition) is 0. The quantitative estimate of drug-likeness (QED) is 0.0199. The molecule has 6 nitrogen and oxygen atoms in total. The van der Waals surface area contributed by atoms with E-state index in [0.717, 1.165) is 103 Å². The first-order valence-electron chi connectivity index (χ1n) is 29.4. The zero-order valence-corrected chi connectivity index (χ0v) is 46.2. The van der Waals surface area contributed by atoms with Gasteiger partial charge < -0.3 is 14.2 Å². The van der Waals surface area contributed by atoms with Crippen LogP contribution < -0.4 is 0 Å². The predicted molar refractivity (Wildman–Crippen MR) is 307 cm³/mol. The van der Waals surface area contributed by atoms with Crippen molar-refractivity contribution in [3.63, 3.8) is 0 Å². The lowest BCUT2D eigenvalue weighted by Gasteiger charge is -2.18. The number of ether oxygens (including phenoxy) is 3. The minimum absolute atomic E-state index is 0.109. The molecule has 0 aliphatic rings. The van der Waals surface area contributed by atoms with E-state index in [2.05, 4.69) is 124 Å². The van der Waals surface area contributed by atoms with Gasteiger partial charge >= 0.3 is 17.9 Å². The molecule has 0 saturated heterocycles. The van der Waals surface area contributed by atoms with Gasteiger partial charge in [0.15, 0.2) is 6.10 Å². The number of carbonyl (C=O) groups excluding carboxylic acids is 3. The standard InChI is InChI=1S/C65H108O6/c1-4-7-10-13-16-19-22-25-28-31-33-35-37-40-43-46-49-52-55-58-64(67)70-61-62(60-69-63(66)57-54-51-48-45-42-39-36-30-27-24-21-18-15-12-9-6-3)71-65(68)59-56-53-50-47-44-41-38-34-32-29-26-23-20-17-14-11-8-5-2/h7,10,16,19,23,25-26,28-29,32-35,38,40,43,49,52,62H,4-6,8-9,11-15,17-18,20-22,24,27,30-31,36-37,39,41-42,44-48,50-51,53-61H2,1-3H3/b10-7-,19-16-,26-23-,28-25-,32-29-,35-33-,38-34-,43-40-,52-49-. The maximum atomic E-state index is 12.9. The van der Waals surface area contributed by atoms with Crippen LogP contribution in [0.15, 0.2) is 109 Å². The molecule has 404 valence electrons. The van der Waals surface area contributed by atoms with Gasteiger partial charge in [-0.25, -0.2) is 0 Å². The minimum atomic E-state index is -0.820. The minimum Gasteiger partial charge on any atom is -0.462 e. The predicted octanol–water partition coefficient (Wildman–Crippen LogP) is 19.9. The highest BCUT2D eigenvalue weighted by atomic mass is 16.6. The summed E-state index contributed by atoms with van der Waals surface area (Å²) in [6, 6.07) is 0. The average Bonchev–Trinajstić information content (AvgIpc) is 3.37. The third kappa shape index (κ3) is 56.9. The van der Waals surface area contributed by atoms with E-state index in [4.69, 9.17) is 14.2 Å². The maximum absolute atomic E-state index is 12.9. The van der Waals surface area contributed by atoms with Gasteiger partial charge in [-0.15, -0.1) is 0 Å². The van der Waals surface area contributed by atoms with Crippen LogP contribution in [0.25, 0.3) is 0 Å². The van der Waals surface area contributed by atoms with Crippen molar-refractivity contribution >= 4 is 17.9 Å². The largest absolute Gasteiger partial charge is 0.462 e. The maximum Gasteiger partial charge on any atom is 0.306 e. The first kappa shape index (κ1) is 67.1. The van der Waals surface area contributed by atoms with E-state index >= 15 is 0 Å². The number of esters is 3. The molecule has 0 spiro atoms. The SMILES string of the molecule is CC/C=C\C/C=C\C/C=C\C/C=C\C/C=C\C/C=C\CCC(=O)OCC(COC(=O)CCCCCCCCCCCCCCCCCC)OC(=O)CCCCCCC\C=C/C=C\C=C/CCCCCCC. The van der Waals surface area contributed by atoms with Gasteiger partial charge in [-0.3, -0.25) is 14.4 Å². The van der Waals surface area contributed by atoms with E-state index < -0.39 is 6.10 Å². The van der Waals surface area contributed by atoms with Crippen molar-refractivity contribution in [1.29, 1.82) is 0 Å². The van der Waals surface area contributed by atoms with Crippen LogP contribution in [0.3, 0.4) is 0 Å². The Morgan fingerprint density at radius 2 is 0.634 bits per heavy atom. The molecule has 0 radical (unpaired) electrons. The third-order valence-electron chi connectivity index (χ3n) is 12.3. The van der Waals surface area contributed by atoms with Gasteiger partial charge in [-0.05, 0) is 83.5 Å². The van der Waals surface area contributed by atoms with Crippen LogP contribution >= 0.6 is 0 Å².